The lowest BCUT2D eigenvalue weighted by Crippen LogP contribution is -2.48. The molecule has 0 aromatic heterocycles. The number of piperazine rings is 1. The number of ether oxygens (including phenoxy) is 2. The third-order valence-corrected chi connectivity index (χ3v) is 4.51. The summed E-state index contributed by atoms with van der Waals surface area (Å²) >= 11 is 0. The highest BCUT2D eigenvalue weighted by atomic mass is 35.5. The van der Waals surface area contributed by atoms with E-state index in [1.807, 2.05) is 53.4 Å². The van der Waals surface area contributed by atoms with Gasteiger partial charge >= 0.3 is 0 Å². The molecule has 5 nitrogen and oxygen atoms in total. The maximum Gasteiger partial charge on any atom is 0.254 e. The van der Waals surface area contributed by atoms with Crippen molar-refractivity contribution in [1.29, 1.82) is 0 Å². The molecule has 1 unspecified atom stereocenters. The predicted molar refractivity (Wildman–Crippen MR) is 104 cm³/mol. The van der Waals surface area contributed by atoms with E-state index in [0.29, 0.717) is 25.3 Å². The van der Waals surface area contributed by atoms with Crippen LogP contribution in [0.3, 0.4) is 0 Å². The minimum absolute atomic E-state index is 0. The fourth-order valence-electron chi connectivity index (χ4n) is 3.24. The van der Waals surface area contributed by atoms with E-state index < -0.39 is 0 Å². The molecule has 1 heterocycles. The first-order valence-corrected chi connectivity index (χ1v) is 8.47. The quantitative estimate of drug-likeness (QED) is 0.871. The summed E-state index contributed by atoms with van der Waals surface area (Å²) in [6.07, 6.45) is 0. The van der Waals surface area contributed by atoms with Gasteiger partial charge in [-0.2, -0.15) is 0 Å². The monoisotopic (exact) mass is 376 g/mol. The Morgan fingerprint density at radius 2 is 1.88 bits per heavy atom. The molecule has 0 saturated carbocycles. The first kappa shape index (κ1) is 20.2. The van der Waals surface area contributed by atoms with E-state index in [9.17, 15) is 4.79 Å². The number of benzene rings is 2. The van der Waals surface area contributed by atoms with Gasteiger partial charge in [-0.25, -0.2) is 0 Å². The van der Waals surface area contributed by atoms with Crippen molar-refractivity contribution in [3.8, 4) is 5.75 Å². The van der Waals surface area contributed by atoms with Crippen molar-refractivity contribution in [3.05, 3.63) is 65.2 Å². The van der Waals surface area contributed by atoms with E-state index in [0.717, 1.165) is 23.4 Å². The van der Waals surface area contributed by atoms with E-state index in [4.69, 9.17) is 9.47 Å². The van der Waals surface area contributed by atoms with E-state index in [1.165, 1.54) is 0 Å². The van der Waals surface area contributed by atoms with Crippen LogP contribution in [0.2, 0.25) is 0 Å². The number of nitrogens with zero attached hydrogens (tertiary/aromatic N) is 1. The van der Waals surface area contributed by atoms with Crippen LogP contribution in [0.1, 0.15) is 27.5 Å². The minimum Gasteiger partial charge on any atom is -0.496 e. The highest BCUT2D eigenvalue weighted by Crippen LogP contribution is 2.31. The van der Waals surface area contributed by atoms with Gasteiger partial charge in [0.25, 0.3) is 5.91 Å². The molecule has 6 heteroatoms. The van der Waals surface area contributed by atoms with Crippen LogP contribution in [0.5, 0.6) is 5.75 Å². The van der Waals surface area contributed by atoms with Crippen LogP contribution in [0.25, 0.3) is 0 Å². The van der Waals surface area contributed by atoms with Gasteiger partial charge in [-0.15, -0.1) is 12.4 Å². The lowest BCUT2D eigenvalue weighted by Gasteiger charge is -2.37. The maximum atomic E-state index is 13.1. The molecule has 2 aromatic rings. The van der Waals surface area contributed by atoms with Crippen molar-refractivity contribution in [2.45, 2.75) is 12.6 Å². The molecule has 1 aliphatic heterocycles. The predicted octanol–water partition coefficient (Wildman–Crippen LogP) is 3.05. The average molecular weight is 377 g/mol. The number of hydrogen-bond acceptors (Lipinski definition) is 4. The molecule has 1 amide bonds. The molecule has 1 saturated heterocycles. The molecule has 0 aliphatic carbocycles. The molecule has 0 radical (unpaired) electrons. The van der Waals surface area contributed by atoms with Gasteiger partial charge in [0.2, 0.25) is 0 Å². The summed E-state index contributed by atoms with van der Waals surface area (Å²) < 4.78 is 10.6. The van der Waals surface area contributed by atoms with Crippen molar-refractivity contribution in [2.75, 3.05) is 33.9 Å². The fourth-order valence-corrected chi connectivity index (χ4v) is 3.24. The number of carbonyl (C=O) groups is 1. The van der Waals surface area contributed by atoms with Crippen molar-refractivity contribution in [3.63, 3.8) is 0 Å². The van der Waals surface area contributed by atoms with Gasteiger partial charge in [-0.3, -0.25) is 4.79 Å². The van der Waals surface area contributed by atoms with E-state index in [2.05, 4.69) is 5.32 Å². The van der Waals surface area contributed by atoms with Crippen LogP contribution in [0.15, 0.2) is 48.5 Å². The molecule has 1 fully saturated rings. The molecule has 0 spiro atoms. The SMILES string of the molecule is COCc1ccc(C(=O)N2CCNCC2c2ccccc2OC)cc1.Cl. The molecular weight excluding hydrogens is 352 g/mol. The second kappa shape index (κ2) is 9.57. The molecule has 3 rings (SSSR count). The number of para-hydroxylation sites is 1. The van der Waals surface area contributed by atoms with Crippen molar-refractivity contribution < 1.29 is 14.3 Å². The Balaban J connectivity index is 0.00000243. The van der Waals surface area contributed by atoms with Crippen molar-refractivity contribution in [1.82, 2.24) is 10.2 Å². The highest BCUT2D eigenvalue weighted by Gasteiger charge is 2.30. The maximum absolute atomic E-state index is 13.1. The number of nitrogens with one attached hydrogen (secondary N) is 1. The van der Waals surface area contributed by atoms with Gasteiger partial charge in [0.05, 0.1) is 19.8 Å². The normalized spacial score (nSPS) is 16.7. The summed E-state index contributed by atoms with van der Waals surface area (Å²) in [7, 11) is 3.33. The molecule has 140 valence electrons. The summed E-state index contributed by atoms with van der Waals surface area (Å²) in [5.74, 6) is 0.853. The van der Waals surface area contributed by atoms with Gasteiger partial charge in [-0.05, 0) is 23.8 Å². The molecule has 26 heavy (non-hydrogen) atoms. The highest BCUT2D eigenvalue weighted by molar-refractivity contribution is 5.94. The van der Waals surface area contributed by atoms with Crippen LogP contribution in [0.4, 0.5) is 0 Å². The smallest absolute Gasteiger partial charge is 0.254 e. The summed E-state index contributed by atoms with van der Waals surface area (Å²) in [6.45, 7) is 2.72. The largest absolute Gasteiger partial charge is 0.496 e. The Morgan fingerprint density at radius 3 is 2.58 bits per heavy atom. The zero-order valence-electron chi connectivity index (χ0n) is 15.1. The van der Waals surface area contributed by atoms with Crippen molar-refractivity contribution in [2.24, 2.45) is 0 Å². The van der Waals surface area contributed by atoms with Gasteiger partial charge in [-0.1, -0.05) is 30.3 Å². The average Bonchev–Trinajstić information content (AvgIpc) is 2.68. The van der Waals surface area contributed by atoms with Gasteiger partial charge in [0.15, 0.2) is 0 Å². The van der Waals surface area contributed by atoms with Gasteiger partial charge in [0, 0.05) is 37.9 Å². The third kappa shape index (κ3) is 4.36. The molecule has 1 aliphatic rings. The molecule has 1 N–H and O–H groups in total. The van der Waals surface area contributed by atoms with Crippen LogP contribution in [0, 0.1) is 0 Å². The Kier molecular flexibility index (Phi) is 7.45. The van der Waals surface area contributed by atoms with E-state index >= 15 is 0 Å². The number of hydrogen-bond donors (Lipinski definition) is 1. The van der Waals surface area contributed by atoms with E-state index in [-0.39, 0.29) is 24.4 Å². The lowest BCUT2D eigenvalue weighted by atomic mass is 10.0. The number of rotatable bonds is 5. The summed E-state index contributed by atoms with van der Waals surface area (Å²) in [5.41, 5.74) is 2.78. The number of halogens is 1. The molecular formula is C20H25ClN2O3. The van der Waals surface area contributed by atoms with Gasteiger partial charge < -0.3 is 19.7 Å². The third-order valence-electron chi connectivity index (χ3n) is 4.51. The van der Waals surface area contributed by atoms with E-state index in [1.54, 1.807) is 14.2 Å². The summed E-state index contributed by atoms with van der Waals surface area (Å²) in [5, 5.41) is 3.38. The standard InChI is InChI=1S/C20H24N2O3.ClH/c1-24-14-15-7-9-16(10-8-15)20(23)22-12-11-21-13-18(22)17-5-3-4-6-19(17)25-2;/h3-10,18,21H,11-14H2,1-2H3;1H. The van der Waals surface area contributed by atoms with Crippen molar-refractivity contribution >= 4 is 18.3 Å². The molecule has 1 atom stereocenters. The first-order valence-electron chi connectivity index (χ1n) is 8.47. The summed E-state index contributed by atoms with van der Waals surface area (Å²) in [6, 6.07) is 15.5. The fraction of sp³-hybridized carbons (Fsp3) is 0.350. The number of amides is 1. The van der Waals surface area contributed by atoms with Crippen LogP contribution in [-0.2, 0) is 11.3 Å². The van der Waals surface area contributed by atoms with Crippen LogP contribution >= 0.6 is 12.4 Å². The Morgan fingerprint density at radius 1 is 1.15 bits per heavy atom. The zero-order valence-corrected chi connectivity index (χ0v) is 15.9. The van der Waals surface area contributed by atoms with Crippen LogP contribution in [-0.4, -0.2) is 44.7 Å². The Bertz CT molecular complexity index is 721. The second-order valence-electron chi connectivity index (χ2n) is 6.09. The van der Waals surface area contributed by atoms with Crippen LogP contribution < -0.4 is 10.1 Å². The Labute approximate surface area is 160 Å². The minimum atomic E-state index is -0.0453. The molecule has 0 bridgehead atoms. The Hall–Kier alpha value is -2.08. The number of methoxy groups -OCH3 is 2. The number of carbonyl (C=O) groups excluding carboxylic acids is 1. The first-order chi connectivity index (χ1) is 12.2. The second-order valence-corrected chi connectivity index (χ2v) is 6.09. The topological polar surface area (TPSA) is 50.8 Å². The molecule has 2 aromatic carbocycles. The zero-order chi connectivity index (χ0) is 17.6. The summed E-state index contributed by atoms with van der Waals surface area (Å²) in [4.78, 5) is 15.0. The van der Waals surface area contributed by atoms with Gasteiger partial charge in [0.1, 0.15) is 5.75 Å². The lowest BCUT2D eigenvalue weighted by molar-refractivity contribution is 0.0631.